The van der Waals surface area contributed by atoms with E-state index in [1.807, 2.05) is 6.92 Å². The number of hydrogen-bond donors (Lipinski definition) is 4. The van der Waals surface area contributed by atoms with Crippen LogP contribution in [0.25, 0.3) is 0 Å². The lowest BCUT2D eigenvalue weighted by Gasteiger charge is -2.19. The fourth-order valence-electron chi connectivity index (χ4n) is 2.16. The summed E-state index contributed by atoms with van der Waals surface area (Å²) < 4.78 is 0. The largest absolute Gasteiger partial charge is 0.481 e. The van der Waals surface area contributed by atoms with Gasteiger partial charge in [-0.1, -0.05) is 6.92 Å². The van der Waals surface area contributed by atoms with Crippen molar-refractivity contribution < 1.29 is 24.6 Å². The molecule has 108 valence electrons. The zero-order valence-electron chi connectivity index (χ0n) is 10.9. The fraction of sp³-hybridized carbons (Fsp3) is 0.750. The Hall–Kier alpha value is -1.63. The number of hydrogen-bond acceptors (Lipinski definition) is 4. The predicted octanol–water partition coefficient (Wildman–Crippen LogP) is -0.191. The molecule has 0 bridgehead atoms. The lowest BCUT2D eigenvalue weighted by atomic mass is 10.0. The molecule has 1 aliphatic heterocycles. The second-order valence-corrected chi connectivity index (χ2v) is 4.88. The molecular weight excluding hydrogens is 252 g/mol. The van der Waals surface area contributed by atoms with E-state index in [-0.39, 0.29) is 37.1 Å². The van der Waals surface area contributed by atoms with E-state index in [0.29, 0.717) is 0 Å². The zero-order chi connectivity index (χ0) is 14.4. The number of aliphatic carboxylic acids is 2. The van der Waals surface area contributed by atoms with Crippen molar-refractivity contribution in [3.63, 3.8) is 0 Å². The van der Waals surface area contributed by atoms with Crippen LogP contribution in [0.3, 0.4) is 0 Å². The second kappa shape index (κ2) is 7.08. The van der Waals surface area contributed by atoms with Gasteiger partial charge < -0.3 is 20.8 Å². The highest BCUT2D eigenvalue weighted by atomic mass is 16.4. The first-order chi connectivity index (χ1) is 8.91. The summed E-state index contributed by atoms with van der Waals surface area (Å²) in [4.78, 5) is 33.3. The first-order valence-electron chi connectivity index (χ1n) is 6.40. The number of rotatable bonds is 7. The molecule has 7 nitrogen and oxygen atoms in total. The average molecular weight is 272 g/mol. The molecule has 1 fully saturated rings. The van der Waals surface area contributed by atoms with Crippen molar-refractivity contribution in [2.75, 3.05) is 6.54 Å². The number of carboxylic acids is 2. The molecule has 1 rings (SSSR count). The minimum Gasteiger partial charge on any atom is -0.481 e. The Labute approximate surface area is 111 Å². The average Bonchev–Trinajstić information content (AvgIpc) is 2.73. The van der Waals surface area contributed by atoms with Gasteiger partial charge in [-0.15, -0.1) is 0 Å². The van der Waals surface area contributed by atoms with Crippen LogP contribution in [0.15, 0.2) is 0 Å². The summed E-state index contributed by atoms with van der Waals surface area (Å²) in [5.74, 6) is -2.26. The van der Waals surface area contributed by atoms with E-state index in [4.69, 9.17) is 10.2 Å². The molecule has 0 aromatic carbocycles. The Bertz CT molecular complexity index is 358. The van der Waals surface area contributed by atoms with Gasteiger partial charge in [0.05, 0.1) is 6.04 Å². The quantitative estimate of drug-likeness (QED) is 0.510. The molecule has 0 aliphatic carbocycles. The molecule has 1 saturated heterocycles. The van der Waals surface area contributed by atoms with Crippen LogP contribution in [0.1, 0.15) is 32.6 Å². The third kappa shape index (κ3) is 4.86. The Morgan fingerprint density at radius 3 is 2.53 bits per heavy atom. The van der Waals surface area contributed by atoms with E-state index >= 15 is 0 Å². The van der Waals surface area contributed by atoms with Crippen LogP contribution in [0.5, 0.6) is 0 Å². The number of amides is 1. The number of carbonyl (C=O) groups is 3. The van der Waals surface area contributed by atoms with Crippen LogP contribution >= 0.6 is 0 Å². The fourth-order valence-corrected chi connectivity index (χ4v) is 2.16. The molecule has 2 unspecified atom stereocenters. The molecule has 1 aliphatic rings. The maximum atomic E-state index is 11.9. The van der Waals surface area contributed by atoms with Crippen LogP contribution in [0.4, 0.5) is 0 Å². The van der Waals surface area contributed by atoms with Crippen LogP contribution in [-0.4, -0.2) is 46.7 Å². The van der Waals surface area contributed by atoms with E-state index in [2.05, 4.69) is 10.6 Å². The van der Waals surface area contributed by atoms with Gasteiger partial charge in [-0.05, 0) is 31.7 Å². The first-order valence-corrected chi connectivity index (χ1v) is 6.40. The highest BCUT2D eigenvalue weighted by Crippen LogP contribution is 2.14. The summed E-state index contributed by atoms with van der Waals surface area (Å²) in [5, 5.41) is 23.0. The van der Waals surface area contributed by atoms with E-state index in [1.54, 1.807) is 0 Å². The Morgan fingerprint density at radius 2 is 2.05 bits per heavy atom. The molecule has 0 aromatic heterocycles. The third-order valence-corrected chi connectivity index (χ3v) is 3.31. The van der Waals surface area contributed by atoms with Crippen molar-refractivity contribution in [1.29, 1.82) is 0 Å². The van der Waals surface area contributed by atoms with E-state index in [9.17, 15) is 14.4 Å². The summed E-state index contributed by atoms with van der Waals surface area (Å²) in [6, 6.07) is -1.39. The zero-order valence-corrected chi connectivity index (χ0v) is 10.9. The Kier molecular flexibility index (Phi) is 5.75. The van der Waals surface area contributed by atoms with Crippen molar-refractivity contribution in [1.82, 2.24) is 10.6 Å². The van der Waals surface area contributed by atoms with Gasteiger partial charge in [0.2, 0.25) is 5.91 Å². The molecule has 0 aromatic rings. The topological polar surface area (TPSA) is 116 Å². The van der Waals surface area contributed by atoms with E-state index < -0.39 is 18.0 Å². The van der Waals surface area contributed by atoms with Crippen LogP contribution in [-0.2, 0) is 14.4 Å². The van der Waals surface area contributed by atoms with Crippen molar-refractivity contribution in [3.05, 3.63) is 0 Å². The number of carbonyl (C=O) groups excluding carboxylic acids is 1. The molecule has 19 heavy (non-hydrogen) atoms. The molecule has 1 heterocycles. The predicted molar refractivity (Wildman–Crippen MR) is 66.6 cm³/mol. The summed E-state index contributed by atoms with van der Waals surface area (Å²) in [6.07, 6.45) is 1.13. The standard InChI is InChI=1S/C12H20N2O5/c1-7-5-6-13-10(7)11(17)14-8(12(18)19)3-2-4-9(15)16/h7-8,10,13H,2-6H2,1H3,(H,14,17)(H,15,16)(H,18,19)/t7?,8-,10?/m1/s1. The van der Waals surface area contributed by atoms with Crippen molar-refractivity contribution in [2.24, 2.45) is 5.92 Å². The lowest BCUT2D eigenvalue weighted by molar-refractivity contribution is -0.143. The van der Waals surface area contributed by atoms with Gasteiger partial charge in [0, 0.05) is 6.42 Å². The summed E-state index contributed by atoms with van der Waals surface area (Å²) in [5.41, 5.74) is 0. The summed E-state index contributed by atoms with van der Waals surface area (Å²) in [7, 11) is 0. The summed E-state index contributed by atoms with van der Waals surface area (Å²) in [6.45, 7) is 2.68. The van der Waals surface area contributed by atoms with Gasteiger partial charge in [0.15, 0.2) is 0 Å². The molecule has 0 radical (unpaired) electrons. The number of carboxylic acid groups (broad SMARTS) is 2. The molecule has 3 atom stereocenters. The molecule has 0 spiro atoms. The molecule has 7 heteroatoms. The Morgan fingerprint density at radius 1 is 1.37 bits per heavy atom. The maximum absolute atomic E-state index is 11.9. The van der Waals surface area contributed by atoms with Gasteiger partial charge in [0.25, 0.3) is 0 Å². The van der Waals surface area contributed by atoms with E-state index in [1.165, 1.54) is 0 Å². The van der Waals surface area contributed by atoms with Crippen LogP contribution in [0, 0.1) is 5.92 Å². The van der Waals surface area contributed by atoms with Gasteiger partial charge in [-0.3, -0.25) is 9.59 Å². The highest BCUT2D eigenvalue weighted by Gasteiger charge is 2.31. The third-order valence-electron chi connectivity index (χ3n) is 3.31. The van der Waals surface area contributed by atoms with Gasteiger partial charge in [-0.25, -0.2) is 4.79 Å². The van der Waals surface area contributed by atoms with Crippen LogP contribution < -0.4 is 10.6 Å². The van der Waals surface area contributed by atoms with E-state index in [0.717, 1.165) is 13.0 Å². The minimum atomic E-state index is -1.13. The monoisotopic (exact) mass is 272 g/mol. The van der Waals surface area contributed by atoms with Gasteiger partial charge >= 0.3 is 11.9 Å². The second-order valence-electron chi connectivity index (χ2n) is 4.88. The van der Waals surface area contributed by atoms with Crippen molar-refractivity contribution in [3.8, 4) is 0 Å². The lowest BCUT2D eigenvalue weighted by Crippen LogP contribution is -2.49. The minimum absolute atomic E-state index is 0.0995. The van der Waals surface area contributed by atoms with Crippen LogP contribution in [0.2, 0.25) is 0 Å². The number of nitrogens with one attached hydrogen (secondary N) is 2. The van der Waals surface area contributed by atoms with Crippen molar-refractivity contribution >= 4 is 17.8 Å². The molecule has 4 N–H and O–H groups in total. The maximum Gasteiger partial charge on any atom is 0.326 e. The summed E-state index contributed by atoms with van der Waals surface area (Å²) >= 11 is 0. The SMILES string of the molecule is CC1CCNC1C(=O)N[C@H](CCCC(=O)O)C(=O)O. The normalized spacial score (nSPS) is 23.8. The van der Waals surface area contributed by atoms with Gasteiger partial charge in [-0.2, -0.15) is 0 Å². The smallest absolute Gasteiger partial charge is 0.326 e. The first kappa shape index (κ1) is 15.4. The molecule has 0 saturated carbocycles. The van der Waals surface area contributed by atoms with Gasteiger partial charge in [0.1, 0.15) is 6.04 Å². The molecular formula is C12H20N2O5. The Balaban J connectivity index is 2.46. The highest BCUT2D eigenvalue weighted by molar-refractivity contribution is 5.87. The van der Waals surface area contributed by atoms with Crippen molar-refractivity contribution in [2.45, 2.75) is 44.7 Å². The molecule has 1 amide bonds.